The highest BCUT2D eigenvalue weighted by atomic mass is 35.5. The first-order chi connectivity index (χ1) is 16.1. The summed E-state index contributed by atoms with van der Waals surface area (Å²) in [7, 11) is 0. The molecule has 34 heavy (non-hydrogen) atoms. The van der Waals surface area contributed by atoms with Crippen LogP contribution in [0, 0.1) is 0 Å². The Bertz CT molecular complexity index is 1110. The van der Waals surface area contributed by atoms with Crippen LogP contribution in [-0.4, -0.2) is 24.0 Å². The molecule has 0 aromatic heterocycles. The molecule has 0 radical (unpaired) electrons. The first-order valence-corrected chi connectivity index (χ1v) is 11.6. The number of ether oxygens (including phenoxy) is 2. The van der Waals surface area contributed by atoms with Gasteiger partial charge in [0.25, 0.3) is 11.8 Å². The van der Waals surface area contributed by atoms with Crippen LogP contribution in [0.4, 0.5) is 11.4 Å². The minimum absolute atomic E-state index is 0.287. The van der Waals surface area contributed by atoms with E-state index in [1.165, 1.54) is 12.1 Å². The number of halogens is 4. The highest BCUT2D eigenvalue weighted by Gasteiger charge is 2.20. The maximum atomic E-state index is 12.7. The molecule has 3 rings (SSSR count). The molecule has 2 N–H and O–H groups in total. The quantitative estimate of drug-likeness (QED) is 0.318. The van der Waals surface area contributed by atoms with Gasteiger partial charge in [-0.2, -0.15) is 0 Å². The van der Waals surface area contributed by atoms with Gasteiger partial charge < -0.3 is 20.1 Å². The molecular weight excluding hydrogens is 522 g/mol. The molecule has 3 aromatic carbocycles. The van der Waals surface area contributed by atoms with Gasteiger partial charge in [-0.3, -0.25) is 9.59 Å². The Labute approximate surface area is 217 Å². The second kappa shape index (κ2) is 11.7. The molecule has 0 saturated heterocycles. The second-order valence-corrected chi connectivity index (χ2v) is 8.88. The van der Waals surface area contributed by atoms with E-state index in [4.69, 9.17) is 55.9 Å². The molecule has 2 unspecified atom stereocenters. The summed E-state index contributed by atoms with van der Waals surface area (Å²) in [6.07, 6.45) is -1.76. The van der Waals surface area contributed by atoms with Gasteiger partial charge >= 0.3 is 0 Å². The number of para-hydroxylation sites is 2. The van der Waals surface area contributed by atoms with Crippen molar-refractivity contribution in [2.24, 2.45) is 0 Å². The number of amides is 2. The zero-order valence-electron chi connectivity index (χ0n) is 18.1. The van der Waals surface area contributed by atoms with Gasteiger partial charge in [-0.05, 0) is 62.4 Å². The van der Waals surface area contributed by atoms with Crippen molar-refractivity contribution in [2.45, 2.75) is 26.1 Å². The summed E-state index contributed by atoms with van der Waals surface area (Å²) < 4.78 is 11.3. The van der Waals surface area contributed by atoms with E-state index in [1.807, 2.05) is 0 Å². The Morgan fingerprint density at radius 3 is 1.41 bits per heavy atom. The molecule has 178 valence electrons. The van der Waals surface area contributed by atoms with Gasteiger partial charge in [-0.1, -0.05) is 58.5 Å². The molecule has 0 spiro atoms. The number of hydrogen-bond donors (Lipinski definition) is 2. The van der Waals surface area contributed by atoms with E-state index in [2.05, 4.69) is 10.6 Å². The summed E-state index contributed by atoms with van der Waals surface area (Å²) in [6.45, 7) is 3.15. The molecule has 6 nitrogen and oxygen atoms in total. The molecule has 2 amide bonds. The normalized spacial score (nSPS) is 12.4. The van der Waals surface area contributed by atoms with Crippen molar-refractivity contribution in [3.8, 4) is 11.5 Å². The lowest BCUT2D eigenvalue weighted by Gasteiger charge is -2.19. The fraction of sp³-hybridized carbons (Fsp3) is 0.167. The van der Waals surface area contributed by atoms with Gasteiger partial charge in [0.2, 0.25) is 0 Å². The molecule has 0 aliphatic rings. The van der Waals surface area contributed by atoms with E-state index in [1.54, 1.807) is 62.4 Å². The summed E-state index contributed by atoms with van der Waals surface area (Å²) >= 11 is 24.0. The first-order valence-electron chi connectivity index (χ1n) is 10.1. The summed E-state index contributed by atoms with van der Waals surface area (Å²) in [5.74, 6) is -0.237. The largest absolute Gasteiger partial charge is 0.479 e. The van der Waals surface area contributed by atoms with Crippen molar-refractivity contribution in [1.82, 2.24) is 0 Å². The SMILES string of the molecule is CC(Oc1ccc(Cl)cc1Cl)C(=O)Nc1ccccc1NC(=O)C(C)Oc1ccc(Cl)cc1Cl. The molecule has 2 atom stereocenters. The zero-order chi connectivity index (χ0) is 24.8. The number of nitrogens with one attached hydrogen (secondary N) is 2. The molecule has 0 aliphatic carbocycles. The van der Waals surface area contributed by atoms with Crippen LogP contribution in [-0.2, 0) is 9.59 Å². The van der Waals surface area contributed by atoms with Crippen LogP contribution in [0.15, 0.2) is 60.7 Å². The number of carbonyl (C=O) groups is 2. The lowest BCUT2D eigenvalue weighted by atomic mass is 10.2. The van der Waals surface area contributed by atoms with E-state index in [0.717, 1.165) is 0 Å². The van der Waals surface area contributed by atoms with Crippen molar-refractivity contribution in [2.75, 3.05) is 10.6 Å². The van der Waals surface area contributed by atoms with Gasteiger partial charge in [-0.25, -0.2) is 0 Å². The van der Waals surface area contributed by atoms with Crippen LogP contribution in [0.1, 0.15) is 13.8 Å². The van der Waals surface area contributed by atoms with E-state index in [-0.39, 0.29) is 10.0 Å². The lowest BCUT2D eigenvalue weighted by Crippen LogP contribution is -2.32. The number of anilines is 2. The Morgan fingerprint density at radius 2 is 1.06 bits per heavy atom. The number of carbonyl (C=O) groups excluding carboxylic acids is 2. The summed E-state index contributed by atoms with van der Waals surface area (Å²) in [5, 5.41) is 6.97. The van der Waals surface area contributed by atoms with Crippen molar-refractivity contribution < 1.29 is 19.1 Å². The number of rotatable bonds is 8. The Morgan fingerprint density at radius 1 is 0.676 bits per heavy atom. The van der Waals surface area contributed by atoms with Crippen LogP contribution in [0.25, 0.3) is 0 Å². The van der Waals surface area contributed by atoms with Crippen LogP contribution in [0.2, 0.25) is 20.1 Å². The molecule has 0 heterocycles. The van der Waals surface area contributed by atoms with Crippen molar-refractivity contribution in [3.05, 3.63) is 80.8 Å². The van der Waals surface area contributed by atoms with Crippen molar-refractivity contribution in [1.29, 1.82) is 0 Å². The monoisotopic (exact) mass is 540 g/mol. The van der Waals surface area contributed by atoms with Crippen molar-refractivity contribution in [3.63, 3.8) is 0 Å². The Hall–Kier alpha value is -2.64. The van der Waals surface area contributed by atoms with Gasteiger partial charge in [0.05, 0.1) is 21.4 Å². The molecule has 10 heteroatoms. The third-order valence-corrected chi connectivity index (χ3v) is 5.64. The predicted molar refractivity (Wildman–Crippen MR) is 137 cm³/mol. The smallest absolute Gasteiger partial charge is 0.265 e. The average Bonchev–Trinajstić information content (AvgIpc) is 2.78. The number of benzene rings is 3. The molecular formula is C24H20Cl4N2O4. The molecule has 0 bridgehead atoms. The van der Waals surface area contributed by atoms with Crippen molar-refractivity contribution >= 4 is 69.6 Å². The zero-order valence-corrected chi connectivity index (χ0v) is 21.1. The van der Waals surface area contributed by atoms with E-state index >= 15 is 0 Å². The minimum Gasteiger partial charge on any atom is -0.479 e. The Kier molecular flexibility index (Phi) is 8.91. The van der Waals surface area contributed by atoms with Gasteiger partial charge in [0.15, 0.2) is 12.2 Å². The number of hydrogen-bond acceptors (Lipinski definition) is 4. The van der Waals surface area contributed by atoms with Gasteiger partial charge in [0, 0.05) is 10.0 Å². The minimum atomic E-state index is -0.878. The fourth-order valence-electron chi connectivity index (χ4n) is 2.80. The second-order valence-electron chi connectivity index (χ2n) is 7.19. The maximum absolute atomic E-state index is 12.7. The topological polar surface area (TPSA) is 76.7 Å². The third-order valence-electron chi connectivity index (χ3n) is 4.58. The summed E-state index contributed by atoms with van der Waals surface area (Å²) in [5.41, 5.74) is 0.769. The van der Waals surface area contributed by atoms with Gasteiger partial charge in [0.1, 0.15) is 11.5 Å². The highest BCUT2D eigenvalue weighted by Crippen LogP contribution is 2.30. The predicted octanol–water partition coefficient (Wildman–Crippen LogP) is 7.11. The van der Waals surface area contributed by atoms with E-state index in [0.29, 0.717) is 32.9 Å². The first kappa shape index (κ1) is 26.0. The molecule has 0 aliphatic heterocycles. The maximum Gasteiger partial charge on any atom is 0.265 e. The highest BCUT2D eigenvalue weighted by molar-refractivity contribution is 6.36. The average molecular weight is 542 g/mol. The van der Waals surface area contributed by atoms with Crippen LogP contribution in [0.3, 0.4) is 0 Å². The summed E-state index contributed by atoms with van der Waals surface area (Å²) in [4.78, 5) is 25.4. The lowest BCUT2D eigenvalue weighted by molar-refractivity contribution is -0.122. The molecule has 3 aromatic rings. The van der Waals surface area contributed by atoms with Crippen LogP contribution in [0.5, 0.6) is 11.5 Å². The fourth-order valence-corrected chi connectivity index (χ4v) is 3.71. The van der Waals surface area contributed by atoms with E-state index < -0.39 is 24.0 Å². The van der Waals surface area contributed by atoms with Gasteiger partial charge in [-0.15, -0.1) is 0 Å². The molecule has 0 saturated carbocycles. The van der Waals surface area contributed by atoms with Crippen LogP contribution >= 0.6 is 46.4 Å². The molecule has 0 fully saturated rings. The van der Waals surface area contributed by atoms with Crippen LogP contribution < -0.4 is 20.1 Å². The van der Waals surface area contributed by atoms with E-state index in [9.17, 15) is 9.59 Å². The standard InChI is InChI=1S/C24H20Cl4N2O4/c1-13(33-21-9-7-15(25)11-17(21)27)23(31)29-19-5-3-4-6-20(19)30-24(32)14(2)34-22-10-8-16(26)12-18(22)28/h3-14H,1-2H3,(H,29,31)(H,30,32). The third kappa shape index (κ3) is 6.93. The summed E-state index contributed by atoms with van der Waals surface area (Å²) in [6, 6.07) is 16.2. The Balaban J connectivity index is 1.65.